The van der Waals surface area contributed by atoms with Crippen LogP contribution in [0.3, 0.4) is 0 Å². The Balaban J connectivity index is 2.02. The molecular weight excluding hydrogens is 328 g/mol. The number of hydrogen-bond acceptors (Lipinski definition) is 2. The number of hydrogen-bond donors (Lipinski definition) is 2. The van der Waals surface area contributed by atoms with E-state index in [1.807, 2.05) is 0 Å². The van der Waals surface area contributed by atoms with Crippen LogP contribution in [0.1, 0.15) is 44.5 Å². The molecule has 2 aliphatic rings. The third-order valence-electron chi connectivity index (χ3n) is 6.33. The van der Waals surface area contributed by atoms with Gasteiger partial charge in [0.05, 0.1) is 0 Å². The quantitative estimate of drug-likeness (QED) is 0.622. The maximum atomic E-state index is 6.28. The Morgan fingerprint density at radius 2 is 0.889 bits per heavy atom. The van der Waals surface area contributed by atoms with Gasteiger partial charge >= 0.3 is 0 Å². The standard InChI is InChI=1S/C25H28N2/c1-15-9-21(10-16(2)23(15)26)25(13-19-5-6-20(14-25)8-7-19)22-11-17(3)24(27)18(4)12-22/h5-12H,13-14,26-27H2,1-4H3. The molecule has 0 aliphatic heterocycles. The van der Waals surface area contributed by atoms with Gasteiger partial charge in [-0.15, -0.1) is 0 Å². The number of aryl methyl sites for hydroxylation is 4. The Labute approximate surface area is 162 Å². The maximum Gasteiger partial charge on any atom is 0.0373 e. The Hall–Kier alpha value is -2.74. The van der Waals surface area contributed by atoms with Crippen LogP contribution in [0.25, 0.3) is 0 Å². The highest BCUT2D eigenvalue weighted by Gasteiger charge is 2.37. The minimum atomic E-state index is -0.107. The Bertz CT molecular complexity index is 898. The molecule has 27 heavy (non-hydrogen) atoms. The van der Waals surface area contributed by atoms with Gasteiger partial charge in [0, 0.05) is 16.8 Å². The third-order valence-corrected chi connectivity index (χ3v) is 6.33. The van der Waals surface area contributed by atoms with Gasteiger partial charge in [-0.05, 0) is 85.0 Å². The number of anilines is 2. The van der Waals surface area contributed by atoms with Crippen molar-refractivity contribution in [1.29, 1.82) is 0 Å². The molecule has 0 saturated carbocycles. The fourth-order valence-electron chi connectivity index (χ4n) is 4.61. The molecule has 0 heterocycles. The second-order valence-corrected chi connectivity index (χ2v) is 8.30. The monoisotopic (exact) mass is 356 g/mol. The van der Waals surface area contributed by atoms with Crippen molar-refractivity contribution in [1.82, 2.24) is 0 Å². The van der Waals surface area contributed by atoms with Crippen LogP contribution in [0.15, 0.2) is 48.5 Å². The summed E-state index contributed by atoms with van der Waals surface area (Å²) in [6.07, 6.45) is 1.96. The Kier molecular flexibility index (Phi) is 4.03. The average molecular weight is 357 g/mol. The minimum absolute atomic E-state index is 0.107. The first-order chi connectivity index (χ1) is 12.8. The van der Waals surface area contributed by atoms with Crippen LogP contribution >= 0.6 is 0 Å². The summed E-state index contributed by atoms with van der Waals surface area (Å²) in [5.41, 5.74) is 24.3. The van der Waals surface area contributed by atoms with Gasteiger partial charge in [0.25, 0.3) is 0 Å². The molecule has 2 aliphatic carbocycles. The highest BCUT2D eigenvalue weighted by molar-refractivity contribution is 5.61. The number of benzene rings is 3. The summed E-state index contributed by atoms with van der Waals surface area (Å²) < 4.78 is 0. The zero-order valence-corrected chi connectivity index (χ0v) is 16.7. The van der Waals surface area contributed by atoms with Crippen molar-refractivity contribution < 1.29 is 0 Å². The normalized spacial score (nSPS) is 15.0. The van der Waals surface area contributed by atoms with E-state index < -0.39 is 0 Å². The van der Waals surface area contributed by atoms with Gasteiger partial charge < -0.3 is 11.5 Å². The molecule has 0 unspecified atom stereocenters. The molecule has 4 N–H and O–H groups in total. The fraction of sp³-hybridized carbons (Fsp3) is 0.280. The lowest BCUT2D eigenvalue weighted by Gasteiger charge is -2.36. The van der Waals surface area contributed by atoms with E-state index in [9.17, 15) is 0 Å². The lowest BCUT2D eigenvalue weighted by Crippen LogP contribution is -2.33. The third kappa shape index (κ3) is 2.80. The molecule has 0 radical (unpaired) electrons. The number of nitrogen functional groups attached to an aromatic ring is 2. The van der Waals surface area contributed by atoms with Crippen LogP contribution in [0.2, 0.25) is 0 Å². The van der Waals surface area contributed by atoms with E-state index in [0.29, 0.717) is 0 Å². The van der Waals surface area contributed by atoms with Crippen LogP contribution < -0.4 is 11.5 Å². The van der Waals surface area contributed by atoms with Gasteiger partial charge in [0.15, 0.2) is 0 Å². The molecule has 2 heteroatoms. The topological polar surface area (TPSA) is 52.0 Å². The van der Waals surface area contributed by atoms with Crippen LogP contribution in [-0.2, 0) is 18.3 Å². The Morgan fingerprint density at radius 1 is 0.593 bits per heavy atom. The maximum absolute atomic E-state index is 6.28. The van der Waals surface area contributed by atoms with E-state index in [0.717, 1.165) is 46.5 Å². The fourth-order valence-corrected chi connectivity index (χ4v) is 4.61. The summed E-state index contributed by atoms with van der Waals surface area (Å²) in [6, 6.07) is 18.2. The Morgan fingerprint density at radius 3 is 1.19 bits per heavy atom. The SMILES string of the molecule is Cc1cc(C2(c3cc(C)c(N)c(C)c3)Cc3ccc(cc3)C2)cc(C)c1N. The zero-order valence-electron chi connectivity index (χ0n) is 16.7. The van der Waals surface area contributed by atoms with Crippen molar-refractivity contribution in [2.75, 3.05) is 11.5 Å². The lowest BCUT2D eigenvalue weighted by molar-refractivity contribution is 0.513. The summed E-state index contributed by atoms with van der Waals surface area (Å²) in [4.78, 5) is 0. The average Bonchev–Trinajstić information content (AvgIpc) is 2.94. The molecule has 3 aromatic rings. The van der Waals surface area contributed by atoms with Crippen LogP contribution in [0.4, 0.5) is 11.4 Å². The molecule has 0 spiro atoms. The first-order valence-electron chi connectivity index (χ1n) is 9.62. The summed E-state index contributed by atoms with van der Waals surface area (Å²) in [7, 11) is 0. The van der Waals surface area contributed by atoms with Crippen LogP contribution in [0.5, 0.6) is 0 Å². The molecule has 3 aromatic carbocycles. The van der Waals surface area contributed by atoms with Gasteiger partial charge in [-0.1, -0.05) is 48.5 Å². The second kappa shape index (κ2) is 6.16. The van der Waals surface area contributed by atoms with Gasteiger partial charge in [0.2, 0.25) is 0 Å². The predicted molar refractivity (Wildman–Crippen MR) is 115 cm³/mol. The van der Waals surface area contributed by atoms with Gasteiger partial charge in [-0.2, -0.15) is 0 Å². The van der Waals surface area contributed by atoms with Crippen molar-refractivity contribution >= 4 is 11.4 Å². The summed E-state index contributed by atoms with van der Waals surface area (Å²) in [5, 5.41) is 0. The molecule has 5 rings (SSSR count). The molecule has 0 saturated heterocycles. The summed E-state index contributed by atoms with van der Waals surface area (Å²) in [6.45, 7) is 8.45. The van der Waals surface area contributed by atoms with E-state index in [1.54, 1.807) is 0 Å². The molecular formula is C25H28N2. The molecule has 138 valence electrons. The van der Waals surface area contributed by atoms with E-state index in [1.165, 1.54) is 22.3 Å². The number of rotatable bonds is 2. The smallest absolute Gasteiger partial charge is 0.0373 e. The second-order valence-electron chi connectivity index (χ2n) is 8.30. The van der Waals surface area contributed by atoms with Crippen LogP contribution in [-0.4, -0.2) is 0 Å². The molecule has 0 aromatic heterocycles. The van der Waals surface area contributed by atoms with E-state index in [4.69, 9.17) is 11.5 Å². The first-order valence-corrected chi connectivity index (χ1v) is 9.62. The van der Waals surface area contributed by atoms with Gasteiger partial charge in [0.1, 0.15) is 0 Å². The van der Waals surface area contributed by atoms with Gasteiger partial charge in [-0.25, -0.2) is 0 Å². The number of nitrogens with two attached hydrogens (primary N) is 2. The van der Waals surface area contributed by atoms with Crippen molar-refractivity contribution in [3.63, 3.8) is 0 Å². The molecule has 2 bridgehead atoms. The van der Waals surface area contributed by atoms with Crippen molar-refractivity contribution in [3.05, 3.63) is 93.0 Å². The first kappa shape index (κ1) is 17.7. The van der Waals surface area contributed by atoms with E-state index in [-0.39, 0.29) is 5.41 Å². The predicted octanol–water partition coefficient (Wildman–Crippen LogP) is 5.17. The van der Waals surface area contributed by atoms with Gasteiger partial charge in [-0.3, -0.25) is 0 Å². The summed E-state index contributed by atoms with van der Waals surface area (Å²) >= 11 is 0. The largest absolute Gasteiger partial charge is 0.398 e. The number of fused-ring (bicyclic) bond motifs is 4. The van der Waals surface area contributed by atoms with Crippen molar-refractivity contribution in [2.45, 2.75) is 46.0 Å². The molecule has 0 atom stereocenters. The molecule has 2 nitrogen and oxygen atoms in total. The highest BCUT2D eigenvalue weighted by Crippen LogP contribution is 2.44. The summed E-state index contributed by atoms with van der Waals surface area (Å²) in [5.74, 6) is 0. The molecule has 0 fully saturated rings. The molecule has 0 amide bonds. The van der Waals surface area contributed by atoms with E-state index >= 15 is 0 Å². The zero-order chi connectivity index (χ0) is 19.3. The van der Waals surface area contributed by atoms with E-state index in [2.05, 4.69) is 76.2 Å². The minimum Gasteiger partial charge on any atom is -0.398 e. The van der Waals surface area contributed by atoms with Crippen molar-refractivity contribution in [2.24, 2.45) is 0 Å². The van der Waals surface area contributed by atoms with Crippen molar-refractivity contribution in [3.8, 4) is 0 Å². The highest BCUT2D eigenvalue weighted by atomic mass is 14.6. The lowest BCUT2D eigenvalue weighted by atomic mass is 9.67. The van der Waals surface area contributed by atoms with Crippen LogP contribution in [0, 0.1) is 27.7 Å².